The Labute approximate surface area is 335 Å². The highest BCUT2D eigenvalue weighted by atomic mass is 16.5. The molecule has 8 aromatic carbocycles. The first kappa shape index (κ1) is 37.0. The van der Waals surface area contributed by atoms with Crippen molar-refractivity contribution in [2.24, 2.45) is 0 Å². The zero-order valence-electron chi connectivity index (χ0n) is 31.1. The van der Waals surface area contributed by atoms with E-state index >= 15 is 0 Å². The molecule has 8 rings (SSSR count). The molecule has 0 aliphatic heterocycles. The Hall–Kier alpha value is -7.96. The normalized spacial score (nSPS) is 10.7. The molecule has 278 valence electrons. The summed E-state index contributed by atoms with van der Waals surface area (Å²) in [4.78, 5) is 52.0. The molecule has 0 N–H and O–H groups in total. The second-order valence-electron chi connectivity index (χ2n) is 13.5. The van der Waals surface area contributed by atoms with E-state index in [0.717, 1.165) is 11.1 Å². The summed E-state index contributed by atoms with van der Waals surface area (Å²) in [6.45, 7) is 0. The van der Waals surface area contributed by atoms with Gasteiger partial charge in [0.15, 0.2) is 23.1 Å². The van der Waals surface area contributed by atoms with Gasteiger partial charge in [0.25, 0.3) is 0 Å². The van der Waals surface area contributed by atoms with Crippen LogP contribution in [0.5, 0.6) is 23.0 Å². The topological polar surface area (TPSA) is 86.7 Å². The van der Waals surface area contributed by atoms with Gasteiger partial charge in [0.2, 0.25) is 0 Å². The van der Waals surface area contributed by atoms with E-state index in [1.807, 2.05) is 60.7 Å². The molecule has 0 saturated heterocycles. The fourth-order valence-corrected chi connectivity index (χ4v) is 6.44. The third-order valence-electron chi connectivity index (χ3n) is 9.64. The van der Waals surface area contributed by atoms with Gasteiger partial charge < -0.3 is 9.47 Å². The number of hydrogen-bond donors (Lipinski definition) is 0. The van der Waals surface area contributed by atoms with Gasteiger partial charge in [-0.25, -0.2) is 0 Å². The molecule has 0 heterocycles. The van der Waals surface area contributed by atoms with Gasteiger partial charge in [-0.2, -0.15) is 0 Å². The second-order valence-corrected chi connectivity index (χ2v) is 13.5. The number of ether oxygens (including phenoxy) is 2. The van der Waals surface area contributed by atoms with Crippen LogP contribution in [0.4, 0.5) is 0 Å². The smallest absolute Gasteiger partial charge is 0.193 e. The van der Waals surface area contributed by atoms with E-state index in [0.29, 0.717) is 67.5 Å². The Morgan fingerprint density at radius 1 is 0.224 bits per heavy atom. The van der Waals surface area contributed by atoms with Gasteiger partial charge >= 0.3 is 0 Å². The van der Waals surface area contributed by atoms with Gasteiger partial charge in [-0.1, -0.05) is 109 Å². The zero-order chi connectivity index (χ0) is 39.8. The van der Waals surface area contributed by atoms with Gasteiger partial charge in [0, 0.05) is 44.5 Å². The van der Waals surface area contributed by atoms with Crippen LogP contribution in [-0.2, 0) is 0 Å². The van der Waals surface area contributed by atoms with Crippen molar-refractivity contribution in [3.8, 4) is 34.1 Å². The van der Waals surface area contributed by atoms with Crippen LogP contribution < -0.4 is 9.47 Å². The van der Waals surface area contributed by atoms with Crippen molar-refractivity contribution in [1.82, 2.24) is 0 Å². The van der Waals surface area contributed by atoms with Crippen LogP contribution in [0.25, 0.3) is 11.1 Å². The Morgan fingerprint density at radius 2 is 0.414 bits per heavy atom. The van der Waals surface area contributed by atoms with Crippen LogP contribution in [0.15, 0.2) is 206 Å². The van der Waals surface area contributed by atoms with E-state index in [1.54, 1.807) is 146 Å². The molecule has 6 nitrogen and oxygen atoms in total. The van der Waals surface area contributed by atoms with E-state index in [4.69, 9.17) is 9.47 Å². The summed E-state index contributed by atoms with van der Waals surface area (Å²) in [5.41, 5.74) is 6.36. The Kier molecular flexibility index (Phi) is 10.7. The summed E-state index contributed by atoms with van der Waals surface area (Å²) in [5, 5.41) is 0. The fourth-order valence-electron chi connectivity index (χ4n) is 6.44. The van der Waals surface area contributed by atoms with Gasteiger partial charge in [0.05, 0.1) is 0 Å². The van der Waals surface area contributed by atoms with Gasteiger partial charge in [-0.15, -0.1) is 0 Å². The Bertz CT molecular complexity index is 2510. The standard InChI is InChI=1S/C52H34O6/c53-49(37-7-3-1-4-8-37)41-19-27-45(28-20-41)57-47-31-23-43(24-32-47)51(55)39-15-11-35(12-16-39)36-13-17-40(18-14-36)52(56)44-25-33-48(34-26-44)58-46-29-21-42(22-30-46)50(54)38-9-5-2-6-10-38/h1-34H. The number of benzene rings is 8. The van der Waals surface area contributed by atoms with E-state index in [9.17, 15) is 19.2 Å². The van der Waals surface area contributed by atoms with Crippen LogP contribution in [0, 0.1) is 0 Å². The maximum absolute atomic E-state index is 13.3. The van der Waals surface area contributed by atoms with Crippen molar-refractivity contribution >= 4 is 23.1 Å². The molecule has 0 saturated carbocycles. The number of hydrogen-bond acceptors (Lipinski definition) is 6. The minimum absolute atomic E-state index is 0.0563. The highest BCUT2D eigenvalue weighted by molar-refractivity contribution is 6.11. The van der Waals surface area contributed by atoms with Crippen LogP contribution in [-0.4, -0.2) is 23.1 Å². The molecule has 6 heteroatoms. The molecular weight excluding hydrogens is 721 g/mol. The quantitative estimate of drug-likeness (QED) is 0.109. The van der Waals surface area contributed by atoms with Gasteiger partial charge in [0.1, 0.15) is 23.0 Å². The predicted molar refractivity (Wildman–Crippen MR) is 224 cm³/mol. The molecule has 0 aliphatic carbocycles. The second kappa shape index (κ2) is 16.8. The van der Waals surface area contributed by atoms with Crippen molar-refractivity contribution in [2.45, 2.75) is 0 Å². The largest absolute Gasteiger partial charge is 0.457 e. The summed E-state index contributed by atoms with van der Waals surface area (Å²) in [5.74, 6) is 1.95. The first-order chi connectivity index (χ1) is 28.4. The monoisotopic (exact) mass is 754 g/mol. The first-order valence-corrected chi connectivity index (χ1v) is 18.6. The Morgan fingerprint density at radius 3 is 0.638 bits per heavy atom. The number of rotatable bonds is 13. The number of carbonyl (C=O) groups is 4. The number of carbonyl (C=O) groups excluding carboxylic acids is 4. The van der Waals surface area contributed by atoms with Crippen LogP contribution in [0.2, 0.25) is 0 Å². The maximum atomic E-state index is 13.3. The molecule has 0 atom stereocenters. The van der Waals surface area contributed by atoms with E-state index in [1.165, 1.54) is 0 Å². The molecule has 8 aromatic rings. The lowest BCUT2D eigenvalue weighted by Gasteiger charge is -2.09. The van der Waals surface area contributed by atoms with Crippen LogP contribution >= 0.6 is 0 Å². The predicted octanol–water partition coefficient (Wildman–Crippen LogP) is 11.9. The minimum Gasteiger partial charge on any atom is -0.457 e. The average Bonchev–Trinajstić information content (AvgIpc) is 3.30. The molecule has 0 aliphatic rings. The number of ketones is 4. The summed E-state index contributed by atoms with van der Waals surface area (Å²) < 4.78 is 11.9. The lowest BCUT2D eigenvalue weighted by Crippen LogP contribution is -2.02. The summed E-state index contributed by atoms with van der Waals surface area (Å²) in [6.07, 6.45) is 0. The summed E-state index contributed by atoms with van der Waals surface area (Å²) in [6, 6.07) is 60.8. The molecule has 0 spiro atoms. The summed E-state index contributed by atoms with van der Waals surface area (Å²) in [7, 11) is 0. The van der Waals surface area contributed by atoms with Crippen molar-refractivity contribution in [3.63, 3.8) is 0 Å². The maximum Gasteiger partial charge on any atom is 0.193 e. The first-order valence-electron chi connectivity index (χ1n) is 18.6. The van der Waals surface area contributed by atoms with Gasteiger partial charge in [-0.05, 0) is 108 Å². The van der Waals surface area contributed by atoms with Gasteiger partial charge in [-0.3, -0.25) is 19.2 Å². The molecule has 0 amide bonds. The van der Waals surface area contributed by atoms with E-state index < -0.39 is 0 Å². The lowest BCUT2D eigenvalue weighted by atomic mass is 9.97. The van der Waals surface area contributed by atoms with E-state index in [2.05, 4.69) is 0 Å². The van der Waals surface area contributed by atoms with Crippen LogP contribution in [0.1, 0.15) is 63.7 Å². The molecule has 58 heavy (non-hydrogen) atoms. The van der Waals surface area contributed by atoms with E-state index in [-0.39, 0.29) is 23.1 Å². The lowest BCUT2D eigenvalue weighted by molar-refractivity contribution is 0.103. The minimum atomic E-state index is -0.118. The molecular formula is C52H34O6. The van der Waals surface area contributed by atoms with Crippen molar-refractivity contribution < 1.29 is 28.7 Å². The molecule has 0 radical (unpaired) electrons. The highest BCUT2D eigenvalue weighted by Gasteiger charge is 2.14. The molecule has 0 bridgehead atoms. The molecule has 0 aromatic heterocycles. The fraction of sp³-hybridized carbons (Fsp3) is 0. The van der Waals surface area contributed by atoms with Crippen molar-refractivity contribution in [3.05, 3.63) is 251 Å². The molecule has 0 unspecified atom stereocenters. The van der Waals surface area contributed by atoms with Crippen molar-refractivity contribution in [2.75, 3.05) is 0 Å². The zero-order valence-corrected chi connectivity index (χ0v) is 31.1. The highest BCUT2D eigenvalue weighted by Crippen LogP contribution is 2.27. The summed E-state index contributed by atoms with van der Waals surface area (Å²) >= 11 is 0. The molecule has 0 fully saturated rings. The third kappa shape index (κ3) is 8.47. The average molecular weight is 755 g/mol. The SMILES string of the molecule is O=C(c1ccccc1)c1ccc(Oc2ccc(C(=O)c3ccc(-c4ccc(C(=O)c5ccc(Oc6ccc(C(=O)c7ccccc7)cc6)cc5)cc4)cc3)cc2)cc1. The van der Waals surface area contributed by atoms with Crippen LogP contribution in [0.3, 0.4) is 0 Å². The Balaban J connectivity index is 0.845. The van der Waals surface area contributed by atoms with Crippen molar-refractivity contribution in [1.29, 1.82) is 0 Å². The third-order valence-corrected chi connectivity index (χ3v) is 9.64.